The van der Waals surface area contributed by atoms with E-state index < -0.39 is 23.5 Å². The van der Waals surface area contributed by atoms with Crippen LogP contribution in [0, 0.1) is 17.5 Å². The minimum atomic E-state index is -1.24. The summed E-state index contributed by atoms with van der Waals surface area (Å²) in [5.74, 6) is -3.23. The summed E-state index contributed by atoms with van der Waals surface area (Å²) in [6.45, 7) is 3.30. The summed E-state index contributed by atoms with van der Waals surface area (Å²) < 4.78 is 38.2. The van der Waals surface area contributed by atoms with Gasteiger partial charge in [-0.25, -0.2) is 13.2 Å². The molecule has 13 heavy (non-hydrogen) atoms. The van der Waals surface area contributed by atoms with Gasteiger partial charge in [0, 0.05) is 11.6 Å². The van der Waals surface area contributed by atoms with Crippen LogP contribution in [-0.4, -0.2) is 0 Å². The van der Waals surface area contributed by atoms with Crippen molar-refractivity contribution in [1.29, 1.82) is 0 Å². The van der Waals surface area contributed by atoms with Gasteiger partial charge in [-0.2, -0.15) is 0 Å². The number of rotatable bonds is 2. The van der Waals surface area contributed by atoms with E-state index in [2.05, 4.69) is 6.58 Å². The summed E-state index contributed by atoms with van der Waals surface area (Å²) in [7, 11) is 0. The molecule has 0 heterocycles. The third-order valence-electron chi connectivity index (χ3n) is 1.63. The van der Waals surface area contributed by atoms with Gasteiger partial charge in [-0.05, 0) is 6.07 Å². The number of hydrogen-bond donors (Lipinski definition) is 1. The highest BCUT2D eigenvalue weighted by molar-refractivity contribution is 5.25. The molecule has 1 atom stereocenters. The average Bonchev–Trinajstić information content (AvgIpc) is 2.10. The second kappa shape index (κ2) is 3.62. The molecule has 0 aliphatic heterocycles. The lowest BCUT2D eigenvalue weighted by atomic mass is 10.1. The maximum Gasteiger partial charge on any atom is 0.164 e. The quantitative estimate of drug-likeness (QED) is 0.558. The van der Waals surface area contributed by atoms with Gasteiger partial charge < -0.3 is 5.73 Å². The highest BCUT2D eigenvalue weighted by atomic mass is 19.2. The Morgan fingerprint density at radius 3 is 2.46 bits per heavy atom. The molecule has 0 spiro atoms. The third-order valence-corrected chi connectivity index (χ3v) is 1.63. The van der Waals surface area contributed by atoms with E-state index in [1.54, 1.807) is 0 Å². The first-order valence-electron chi connectivity index (χ1n) is 3.59. The van der Waals surface area contributed by atoms with Crippen LogP contribution in [0.2, 0.25) is 0 Å². The number of nitrogens with two attached hydrogens (primary N) is 1. The van der Waals surface area contributed by atoms with Gasteiger partial charge in [-0.15, -0.1) is 6.58 Å². The van der Waals surface area contributed by atoms with E-state index in [1.165, 1.54) is 6.08 Å². The van der Waals surface area contributed by atoms with E-state index in [4.69, 9.17) is 5.73 Å². The van der Waals surface area contributed by atoms with Gasteiger partial charge in [-0.3, -0.25) is 0 Å². The van der Waals surface area contributed by atoms with Crippen LogP contribution in [0.1, 0.15) is 11.6 Å². The predicted molar refractivity (Wildman–Crippen MR) is 43.4 cm³/mol. The molecule has 2 N–H and O–H groups in total. The fourth-order valence-corrected chi connectivity index (χ4v) is 0.945. The van der Waals surface area contributed by atoms with E-state index in [1.807, 2.05) is 0 Å². The molecule has 0 saturated carbocycles. The first-order valence-corrected chi connectivity index (χ1v) is 3.59. The zero-order valence-electron chi connectivity index (χ0n) is 6.73. The highest BCUT2D eigenvalue weighted by Gasteiger charge is 2.14. The third kappa shape index (κ3) is 1.89. The fraction of sp³-hybridized carbons (Fsp3) is 0.111. The van der Waals surface area contributed by atoms with Crippen molar-refractivity contribution in [3.8, 4) is 0 Å². The molecule has 0 aromatic heterocycles. The van der Waals surface area contributed by atoms with Crippen LogP contribution in [0.4, 0.5) is 13.2 Å². The number of benzene rings is 1. The van der Waals surface area contributed by atoms with Crippen LogP contribution in [0.25, 0.3) is 0 Å². The first kappa shape index (κ1) is 9.80. The van der Waals surface area contributed by atoms with E-state index >= 15 is 0 Å². The lowest BCUT2D eigenvalue weighted by Gasteiger charge is -2.08. The van der Waals surface area contributed by atoms with Gasteiger partial charge in [0.15, 0.2) is 11.6 Å². The Bertz CT molecular complexity index is 336. The zero-order valence-corrected chi connectivity index (χ0v) is 6.73. The Labute approximate surface area is 73.7 Å². The molecule has 0 amide bonds. The Morgan fingerprint density at radius 2 is 1.92 bits per heavy atom. The summed E-state index contributed by atoms with van der Waals surface area (Å²) in [4.78, 5) is 0. The molecule has 1 nitrogen and oxygen atoms in total. The molecular formula is C9H8F3N. The van der Waals surface area contributed by atoms with Crippen molar-refractivity contribution in [3.63, 3.8) is 0 Å². The Hall–Kier alpha value is -1.29. The molecule has 1 aromatic rings. The molecule has 0 unspecified atom stereocenters. The van der Waals surface area contributed by atoms with E-state index in [-0.39, 0.29) is 5.56 Å². The molecule has 0 bridgehead atoms. The predicted octanol–water partition coefficient (Wildman–Crippen LogP) is 2.29. The molecular weight excluding hydrogens is 179 g/mol. The first-order chi connectivity index (χ1) is 6.06. The summed E-state index contributed by atoms with van der Waals surface area (Å²) in [5.41, 5.74) is 5.11. The van der Waals surface area contributed by atoms with E-state index in [0.717, 1.165) is 6.07 Å². The lowest BCUT2D eigenvalue weighted by molar-refractivity contribution is 0.481. The van der Waals surface area contributed by atoms with Gasteiger partial charge in [0.05, 0.1) is 6.04 Å². The Kier molecular flexibility index (Phi) is 2.72. The average molecular weight is 187 g/mol. The lowest BCUT2D eigenvalue weighted by Crippen LogP contribution is -2.10. The van der Waals surface area contributed by atoms with Crippen molar-refractivity contribution in [2.75, 3.05) is 0 Å². The van der Waals surface area contributed by atoms with Gasteiger partial charge in [0.1, 0.15) is 5.82 Å². The Balaban J connectivity index is 3.27. The maximum atomic E-state index is 12.9. The summed E-state index contributed by atoms with van der Waals surface area (Å²) in [6.07, 6.45) is 1.21. The minimum absolute atomic E-state index is 0.229. The van der Waals surface area contributed by atoms with Crippen LogP contribution in [0.15, 0.2) is 24.8 Å². The molecule has 0 aliphatic carbocycles. The van der Waals surface area contributed by atoms with Crippen molar-refractivity contribution >= 4 is 0 Å². The van der Waals surface area contributed by atoms with Crippen LogP contribution in [-0.2, 0) is 0 Å². The Morgan fingerprint density at radius 1 is 1.31 bits per heavy atom. The van der Waals surface area contributed by atoms with Crippen molar-refractivity contribution in [1.82, 2.24) is 0 Å². The van der Waals surface area contributed by atoms with Gasteiger partial charge >= 0.3 is 0 Å². The molecule has 0 aliphatic rings. The van der Waals surface area contributed by atoms with Crippen molar-refractivity contribution < 1.29 is 13.2 Å². The maximum absolute atomic E-state index is 12.9. The summed E-state index contributed by atoms with van der Waals surface area (Å²) in [6, 6.07) is 0.421. The van der Waals surface area contributed by atoms with Crippen LogP contribution >= 0.6 is 0 Å². The van der Waals surface area contributed by atoms with Crippen LogP contribution in [0.5, 0.6) is 0 Å². The van der Waals surface area contributed by atoms with Crippen LogP contribution < -0.4 is 5.73 Å². The molecule has 0 radical (unpaired) electrons. The van der Waals surface area contributed by atoms with E-state index in [9.17, 15) is 13.2 Å². The zero-order chi connectivity index (χ0) is 10.0. The van der Waals surface area contributed by atoms with Crippen molar-refractivity contribution in [2.24, 2.45) is 5.73 Å². The summed E-state index contributed by atoms with van der Waals surface area (Å²) >= 11 is 0. The minimum Gasteiger partial charge on any atom is -0.321 e. The second-order valence-corrected chi connectivity index (χ2v) is 2.55. The van der Waals surface area contributed by atoms with Gasteiger partial charge in [-0.1, -0.05) is 6.08 Å². The molecule has 4 heteroatoms. The van der Waals surface area contributed by atoms with Gasteiger partial charge in [0.2, 0.25) is 0 Å². The second-order valence-electron chi connectivity index (χ2n) is 2.55. The molecule has 1 rings (SSSR count). The molecule has 0 fully saturated rings. The molecule has 1 aromatic carbocycles. The summed E-state index contributed by atoms with van der Waals surface area (Å²) in [5, 5.41) is 0. The highest BCUT2D eigenvalue weighted by Crippen LogP contribution is 2.19. The molecule has 0 saturated heterocycles. The van der Waals surface area contributed by atoms with Crippen molar-refractivity contribution in [3.05, 3.63) is 47.8 Å². The standard InChI is InChI=1S/C9H8F3N/c1-2-8(13)6-3-5(10)4-7(11)9(6)12/h2-4,8H,1,13H2/t8-/m1/s1. The van der Waals surface area contributed by atoms with E-state index in [0.29, 0.717) is 6.07 Å². The number of halogens is 3. The monoisotopic (exact) mass is 187 g/mol. The van der Waals surface area contributed by atoms with Crippen LogP contribution in [0.3, 0.4) is 0 Å². The number of hydrogen-bond acceptors (Lipinski definition) is 1. The fourth-order valence-electron chi connectivity index (χ4n) is 0.945. The smallest absolute Gasteiger partial charge is 0.164 e. The topological polar surface area (TPSA) is 26.0 Å². The van der Waals surface area contributed by atoms with Crippen molar-refractivity contribution in [2.45, 2.75) is 6.04 Å². The van der Waals surface area contributed by atoms with Gasteiger partial charge in [0.25, 0.3) is 0 Å². The molecule has 70 valence electrons. The largest absolute Gasteiger partial charge is 0.321 e. The SMILES string of the molecule is C=C[C@@H](N)c1cc(F)cc(F)c1F. The normalized spacial score (nSPS) is 12.6.